The van der Waals surface area contributed by atoms with Gasteiger partial charge in [-0.15, -0.1) is 10.2 Å². The van der Waals surface area contributed by atoms with Crippen molar-refractivity contribution in [3.05, 3.63) is 66.7 Å². The highest BCUT2D eigenvalue weighted by Crippen LogP contribution is 2.29. The zero-order valence-electron chi connectivity index (χ0n) is 14.9. The molecule has 3 heterocycles. The number of H-pyrrole nitrogens is 2. The number of rotatable bonds is 4. The Morgan fingerprint density at radius 1 is 0.931 bits per heavy atom. The number of benzene rings is 2. The zero-order valence-corrected chi connectivity index (χ0v) is 14.9. The van der Waals surface area contributed by atoms with E-state index in [9.17, 15) is 4.79 Å². The van der Waals surface area contributed by atoms with Gasteiger partial charge in [-0.2, -0.15) is 5.21 Å². The maximum Gasteiger partial charge on any atom is 0.256 e. The Balaban J connectivity index is 1.43. The van der Waals surface area contributed by atoms with Crippen LogP contribution >= 0.6 is 0 Å². The van der Waals surface area contributed by atoms with Crippen molar-refractivity contribution in [3.63, 3.8) is 0 Å². The number of anilines is 1. The molecule has 3 N–H and O–H groups in total. The molecule has 0 aliphatic heterocycles. The number of nitrogens with one attached hydrogen (secondary N) is 3. The van der Waals surface area contributed by atoms with Crippen LogP contribution in [0.25, 0.3) is 33.7 Å². The third-order valence-corrected chi connectivity index (χ3v) is 4.43. The molecule has 2 aromatic carbocycles. The number of amides is 1. The van der Waals surface area contributed by atoms with Gasteiger partial charge in [0.05, 0.1) is 6.33 Å². The molecule has 1 amide bonds. The highest BCUT2D eigenvalue weighted by Gasteiger charge is 2.13. The molecule has 0 aliphatic rings. The lowest BCUT2D eigenvalue weighted by atomic mass is 9.98. The summed E-state index contributed by atoms with van der Waals surface area (Å²) in [5, 5.41) is 17.0. The van der Waals surface area contributed by atoms with Crippen molar-refractivity contribution in [2.75, 3.05) is 5.32 Å². The van der Waals surface area contributed by atoms with Crippen molar-refractivity contribution >= 4 is 22.9 Å². The minimum absolute atomic E-state index is 0.280. The quantitative estimate of drug-likeness (QED) is 0.433. The van der Waals surface area contributed by atoms with Crippen molar-refractivity contribution < 1.29 is 4.79 Å². The summed E-state index contributed by atoms with van der Waals surface area (Å²) in [6.07, 6.45) is 2.86. The number of hydrogen-bond acceptors (Lipinski definition) is 7. The predicted octanol–water partition coefficient (Wildman–Crippen LogP) is 2.45. The standard InChI is InChI=1S/C19H13N9O/c29-19(24-18-15-17(21-9-20-15)22-10-23-18)12-7-5-11(6-8-12)13-3-1-2-4-14(13)16-25-27-28-26-16/h1-10H,(H,25,26,27,28)(H2,20,21,22,23,24,29). The van der Waals surface area contributed by atoms with Gasteiger partial charge in [-0.25, -0.2) is 15.0 Å². The van der Waals surface area contributed by atoms with E-state index in [0.717, 1.165) is 16.7 Å². The number of carbonyl (C=O) groups excluding carboxylic acids is 1. The Hall–Kier alpha value is -4.47. The average Bonchev–Trinajstić information content (AvgIpc) is 3.46. The van der Waals surface area contributed by atoms with Gasteiger partial charge in [0.2, 0.25) is 5.82 Å². The molecular weight excluding hydrogens is 370 g/mol. The van der Waals surface area contributed by atoms with Gasteiger partial charge in [-0.3, -0.25) is 4.79 Å². The lowest BCUT2D eigenvalue weighted by molar-refractivity contribution is 0.102. The van der Waals surface area contributed by atoms with Crippen molar-refractivity contribution in [1.82, 2.24) is 40.6 Å². The van der Waals surface area contributed by atoms with E-state index in [1.807, 2.05) is 36.4 Å². The summed E-state index contributed by atoms with van der Waals surface area (Å²) in [4.78, 5) is 27.8. The summed E-state index contributed by atoms with van der Waals surface area (Å²) < 4.78 is 0. The molecule has 29 heavy (non-hydrogen) atoms. The molecular formula is C19H13N9O. The summed E-state index contributed by atoms with van der Waals surface area (Å²) in [5.74, 6) is 0.608. The van der Waals surface area contributed by atoms with Crippen LogP contribution in [0.4, 0.5) is 5.82 Å². The largest absolute Gasteiger partial charge is 0.340 e. The monoisotopic (exact) mass is 383 g/mol. The van der Waals surface area contributed by atoms with Crippen molar-refractivity contribution in [3.8, 4) is 22.5 Å². The fourth-order valence-electron chi connectivity index (χ4n) is 3.05. The number of aromatic nitrogens is 8. The topological polar surface area (TPSA) is 138 Å². The normalized spacial score (nSPS) is 10.9. The lowest BCUT2D eigenvalue weighted by Crippen LogP contribution is -2.13. The minimum Gasteiger partial charge on any atom is -0.340 e. The SMILES string of the molecule is O=C(Nc1ncnc2nc[nH]c12)c1ccc(-c2ccccc2-c2nn[nH]n2)cc1. The second-order valence-corrected chi connectivity index (χ2v) is 6.14. The van der Waals surface area contributed by atoms with Gasteiger partial charge in [0.25, 0.3) is 5.91 Å². The van der Waals surface area contributed by atoms with Gasteiger partial charge in [0.15, 0.2) is 11.5 Å². The van der Waals surface area contributed by atoms with Crippen LogP contribution in [0.1, 0.15) is 10.4 Å². The number of fused-ring (bicyclic) bond motifs is 1. The van der Waals surface area contributed by atoms with Crippen molar-refractivity contribution in [2.24, 2.45) is 0 Å². The maximum absolute atomic E-state index is 12.6. The van der Waals surface area contributed by atoms with E-state index in [4.69, 9.17) is 0 Å². The number of hydrogen-bond donors (Lipinski definition) is 3. The summed E-state index contributed by atoms with van der Waals surface area (Å²) in [5.41, 5.74) is 4.28. The molecule has 0 atom stereocenters. The molecule has 0 aliphatic carbocycles. The second-order valence-electron chi connectivity index (χ2n) is 6.14. The number of carbonyl (C=O) groups is 1. The van der Waals surface area contributed by atoms with Gasteiger partial charge >= 0.3 is 0 Å². The Morgan fingerprint density at radius 3 is 2.55 bits per heavy atom. The highest BCUT2D eigenvalue weighted by atomic mass is 16.1. The van der Waals surface area contributed by atoms with E-state index in [2.05, 4.69) is 45.9 Å². The second kappa shape index (κ2) is 6.93. The maximum atomic E-state index is 12.6. The summed E-state index contributed by atoms with van der Waals surface area (Å²) in [6.45, 7) is 0. The van der Waals surface area contributed by atoms with Gasteiger partial charge in [0, 0.05) is 11.1 Å². The first kappa shape index (κ1) is 16.7. The molecule has 5 rings (SSSR count). The molecule has 0 radical (unpaired) electrons. The molecule has 140 valence electrons. The predicted molar refractivity (Wildman–Crippen MR) is 105 cm³/mol. The fraction of sp³-hybridized carbons (Fsp3) is 0. The van der Waals surface area contributed by atoms with Gasteiger partial charge < -0.3 is 10.3 Å². The zero-order chi connectivity index (χ0) is 19.6. The summed E-state index contributed by atoms with van der Waals surface area (Å²) in [7, 11) is 0. The third kappa shape index (κ3) is 3.08. The molecule has 0 bridgehead atoms. The van der Waals surface area contributed by atoms with Crippen LogP contribution in [-0.2, 0) is 0 Å². The summed E-state index contributed by atoms with van der Waals surface area (Å²) in [6, 6.07) is 15.0. The number of aromatic amines is 2. The highest BCUT2D eigenvalue weighted by molar-refractivity contribution is 6.06. The van der Waals surface area contributed by atoms with Gasteiger partial charge in [-0.1, -0.05) is 36.4 Å². The molecule has 3 aromatic heterocycles. The molecule has 0 spiro atoms. The Kier molecular flexibility index (Phi) is 3.98. The molecule has 0 saturated heterocycles. The Morgan fingerprint density at radius 2 is 1.76 bits per heavy atom. The van der Waals surface area contributed by atoms with Crippen LogP contribution in [0.2, 0.25) is 0 Å². The molecule has 10 nitrogen and oxygen atoms in total. The van der Waals surface area contributed by atoms with Crippen LogP contribution in [0.15, 0.2) is 61.2 Å². The fourth-order valence-corrected chi connectivity index (χ4v) is 3.05. The smallest absolute Gasteiger partial charge is 0.256 e. The van der Waals surface area contributed by atoms with E-state index in [1.54, 1.807) is 12.1 Å². The van der Waals surface area contributed by atoms with Gasteiger partial charge in [0.1, 0.15) is 11.8 Å². The molecule has 0 fully saturated rings. The first-order valence-corrected chi connectivity index (χ1v) is 8.68. The van der Waals surface area contributed by atoms with Crippen LogP contribution in [0, 0.1) is 0 Å². The number of imidazole rings is 1. The minimum atomic E-state index is -0.280. The third-order valence-electron chi connectivity index (χ3n) is 4.43. The van der Waals surface area contributed by atoms with E-state index in [-0.39, 0.29) is 5.91 Å². The Labute approximate surface area is 163 Å². The van der Waals surface area contributed by atoms with Crippen molar-refractivity contribution in [1.29, 1.82) is 0 Å². The van der Waals surface area contributed by atoms with Crippen LogP contribution in [-0.4, -0.2) is 46.5 Å². The molecule has 0 unspecified atom stereocenters. The molecule has 5 aromatic rings. The first-order chi connectivity index (χ1) is 14.3. The van der Waals surface area contributed by atoms with Gasteiger partial charge in [-0.05, 0) is 28.5 Å². The molecule has 10 heteroatoms. The van der Waals surface area contributed by atoms with Crippen LogP contribution in [0.3, 0.4) is 0 Å². The Bertz CT molecular complexity index is 1290. The summed E-state index contributed by atoms with van der Waals surface area (Å²) >= 11 is 0. The number of tetrazole rings is 1. The van der Waals surface area contributed by atoms with Crippen LogP contribution in [0.5, 0.6) is 0 Å². The molecule has 0 saturated carbocycles. The van der Waals surface area contributed by atoms with E-state index < -0.39 is 0 Å². The van der Waals surface area contributed by atoms with E-state index >= 15 is 0 Å². The first-order valence-electron chi connectivity index (χ1n) is 8.68. The lowest BCUT2D eigenvalue weighted by Gasteiger charge is -2.08. The van der Waals surface area contributed by atoms with Crippen LogP contribution < -0.4 is 5.32 Å². The van der Waals surface area contributed by atoms with E-state index in [0.29, 0.717) is 28.4 Å². The number of nitrogens with zero attached hydrogens (tertiary/aromatic N) is 6. The van der Waals surface area contributed by atoms with Crippen molar-refractivity contribution in [2.45, 2.75) is 0 Å². The van der Waals surface area contributed by atoms with E-state index in [1.165, 1.54) is 12.7 Å². The average molecular weight is 383 g/mol.